The Hall–Kier alpha value is -0.610. The van der Waals surface area contributed by atoms with Crippen molar-refractivity contribution in [3.05, 3.63) is 0 Å². The van der Waals surface area contributed by atoms with E-state index in [0.717, 1.165) is 25.6 Å². The van der Waals surface area contributed by atoms with Gasteiger partial charge in [0.05, 0.1) is 6.61 Å². The summed E-state index contributed by atoms with van der Waals surface area (Å²) in [5.41, 5.74) is 0. The summed E-state index contributed by atoms with van der Waals surface area (Å²) in [5, 5.41) is 6.35. The third-order valence-corrected chi connectivity index (χ3v) is 3.70. The van der Waals surface area contributed by atoms with E-state index in [4.69, 9.17) is 4.74 Å². The molecule has 2 unspecified atom stereocenters. The minimum atomic E-state index is 0.0649. The van der Waals surface area contributed by atoms with Crippen molar-refractivity contribution in [3.8, 4) is 0 Å². The van der Waals surface area contributed by atoms with Crippen molar-refractivity contribution < 1.29 is 9.53 Å². The van der Waals surface area contributed by atoms with Crippen LogP contribution in [-0.2, 0) is 9.53 Å². The first-order valence-electron chi connectivity index (χ1n) is 5.92. The monoisotopic (exact) mass is 210 g/mol. The maximum atomic E-state index is 11.5. The average molecular weight is 210 g/mol. The first kappa shape index (κ1) is 9.60. The lowest BCUT2D eigenvalue weighted by Crippen LogP contribution is -2.35. The number of carbonyl (C=O) groups excluding carboxylic acids is 1. The van der Waals surface area contributed by atoms with Gasteiger partial charge in [-0.25, -0.2) is 0 Å². The zero-order chi connectivity index (χ0) is 10.3. The molecule has 0 bridgehead atoms. The number of hydrogen-bond donors (Lipinski definition) is 2. The summed E-state index contributed by atoms with van der Waals surface area (Å²) in [6.07, 6.45) is 2.56. The van der Waals surface area contributed by atoms with Crippen LogP contribution in [0.1, 0.15) is 12.8 Å². The lowest BCUT2D eigenvalue weighted by atomic mass is 10.4. The van der Waals surface area contributed by atoms with Gasteiger partial charge < -0.3 is 15.4 Å². The molecular weight excluding hydrogens is 192 g/mol. The molecule has 0 aromatic heterocycles. The minimum absolute atomic E-state index is 0.0649. The topological polar surface area (TPSA) is 50.4 Å². The van der Waals surface area contributed by atoms with Gasteiger partial charge in [-0.2, -0.15) is 0 Å². The van der Waals surface area contributed by atoms with E-state index in [-0.39, 0.29) is 12.5 Å². The molecule has 84 valence electrons. The Morgan fingerprint density at radius 2 is 2.07 bits per heavy atom. The van der Waals surface area contributed by atoms with Crippen LogP contribution in [0.25, 0.3) is 0 Å². The highest BCUT2D eigenvalue weighted by Crippen LogP contribution is 2.41. The smallest absolute Gasteiger partial charge is 0.246 e. The van der Waals surface area contributed by atoms with Crippen LogP contribution in [0.5, 0.6) is 0 Å². The third-order valence-electron chi connectivity index (χ3n) is 3.70. The van der Waals surface area contributed by atoms with E-state index < -0.39 is 0 Å². The van der Waals surface area contributed by atoms with E-state index >= 15 is 0 Å². The summed E-state index contributed by atoms with van der Waals surface area (Å²) in [5.74, 6) is 2.19. The molecule has 2 N–H and O–H groups in total. The largest absolute Gasteiger partial charge is 0.371 e. The number of amides is 1. The number of ether oxygens (including phenoxy) is 1. The Balaban J connectivity index is 1.31. The second-order valence-electron chi connectivity index (χ2n) is 5.04. The Labute approximate surface area is 89.7 Å². The lowest BCUT2D eigenvalue weighted by Gasteiger charge is -2.07. The number of piperidine rings is 1. The fourth-order valence-electron chi connectivity index (χ4n) is 2.46. The van der Waals surface area contributed by atoms with E-state index in [1.165, 1.54) is 12.8 Å². The molecule has 1 amide bonds. The van der Waals surface area contributed by atoms with Crippen LogP contribution in [0.2, 0.25) is 0 Å². The second-order valence-corrected chi connectivity index (χ2v) is 5.04. The number of carbonyl (C=O) groups is 1. The highest BCUT2D eigenvalue weighted by molar-refractivity contribution is 5.78. The Bertz CT molecular complexity index is 255. The summed E-state index contributed by atoms with van der Waals surface area (Å²) in [4.78, 5) is 11.5. The molecule has 3 rings (SSSR count). The van der Waals surface area contributed by atoms with Crippen molar-refractivity contribution in [2.24, 2.45) is 17.8 Å². The second kappa shape index (κ2) is 3.76. The SMILES string of the molecule is O=C(COCC1CC1)NC1C2CNCC21. The van der Waals surface area contributed by atoms with Crippen LogP contribution in [0.3, 0.4) is 0 Å². The van der Waals surface area contributed by atoms with Gasteiger partial charge in [-0.3, -0.25) is 4.79 Å². The van der Waals surface area contributed by atoms with Crippen LogP contribution in [0, 0.1) is 17.8 Å². The van der Waals surface area contributed by atoms with Gasteiger partial charge in [0, 0.05) is 19.1 Å². The summed E-state index contributed by atoms with van der Waals surface area (Å²) in [7, 11) is 0. The predicted molar refractivity (Wildman–Crippen MR) is 55.3 cm³/mol. The molecule has 0 aromatic rings. The molecule has 0 radical (unpaired) electrons. The highest BCUT2D eigenvalue weighted by atomic mass is 16.5. The normalized spacial score (nSPS) is 37.5. The zero-order valence-electron chi connectivity index (χ0n) is 8.87. The molecule has 0 spiro atoms. The van der Waals surface area contributed by atoms with Gasteiger partial charge >= 0.3 is 0 Å². The van der Waals surface area contributed by atoms with E-state index in [9.17, 15) is 4.79 Å². The number of nitrogens with one attached hydrogen (secondary N) is 2. The quantitative estimate of drug-likeness (QED) is 0.658. The van der Waals surface area contributed by atoms with Crippen molar-refractivity contribution in [2.45, 2.75) is 18.9 Å². The van der Waals surface area contributed by atoms with Gasteiger partial charge in [0.1, 0.15) is 6.61 Å². The molecule has 15 heavy (non-hydrogen) atoms. The van der Waals surface area contributed by atoms with Gasteiger partial charge in [0.15, 0.2) is 0 Å². The van der Waals surface area contributed by atoms with E-state index in [1.54, 1.807) is 0 Å². The van der Waals surface area contributed by atoms with Crippen LogP contribution in [-0.4, -0.2) is 38.3 Å². The zero-order valence-corrected chi connectivity index (χ0v) is 8.87. The van der Waals surface area contributed by atoms with Crippen LogP contribution in [0.15, 0.2) is 0 Å². The van der Waals surface area contributed by atoms with Crippen LogP contribution < -0.4 is 10.6 Å². The van der Waals surface area contributed by atoms with E-state index in [1.807, 2.05) is 0 Å². The summed E-state index contributed by atoms with van der Waals surface area (Å²) in [6, 6.07) is 0.434. The number of hydrogen-bond acceptors (Lipinski definition) is 3. The molecule has 4 heteroatoms. The first-order valence-corrected chi connectivity index (χ1v) is 5.92. The van der Waals surface area contributed by atoms with Crippen molar-refractivity contribution in [3.63, 3.8) is 0 Å². The van der Waals surface area contributed by atoms with Gasteiger partial charge in [0.25, 0.3) is 0 Å². The molecule has 3 aliphatic rings. The van der Waals surface area contributed by atoms with Gasteiger partial charge in [0.2, 0.25) is 5.91 Å². The summed E-state index contributed by atoms with van der Waals surface area (Å²) < 4.78 is 5.34. The van der Waals surface area contributed by atoms with Gasteiger partial charge in [-0.15, -0.1) is 0 Å². The van der Waals surface area contributed by atoms with Gasteiger partial charge in [-0.05, 0) is 30.6 Å². The molecule has 0 aromatic carbocycles. The fourth-order valence-corrected chi connectivity index (χ4v) is 2.46. The number of fused-ring (bicyclic) bond motifs is 1. The van der Waals surface area contributed by atoms with Crippen LogP contribution in [0.4, 0.5) is 0 Å². The maximum Gasteiger partial charge on any atom is 0.246 e. The van der Waals surface area contributed by atoms with Crippen molar-refractivity contribution in [1.82, 2.24) is 10.6 Å². The standard InChI is InChI=1S/C11H18N2O2/c14-10(6-15-5-7-1-2-7)13-11-8-3-12-4-9(8)11/h7-9,11-12H,1-6H2,(H,13,14). The van der Waals surface area contributed by atoms with Crippen molar-refractivity contribution >= 4 is 5.91 Å². The molecular formula is C11H18N2O2. The average Bonchev–Trinajstić information content (AvgIpc) is 3.10. The molecule has 1 aliphatic heterocycles. The van der Waals surface area contributed by atoms with Crippen LogP contribution >= 0.6 is 0 Å². The fraction of sp³-hybridized carbons (Fsp3) is 0.909. The highest BCUT2D eigenvalue weighted by Gasteiger charge is 2.53. The minimum Gasteiger partial charge on any atom is -0.371 e. The molecule has 1 saturated heterocycles. The molecule has 4 nitrogen and oxygen atoms in total. The maximum absolute atomic E-state index is 11.5. The van der Waals surface area contributed by atoms with E-state index in [0.29, 0.717) is 17.9 Å². The molecule has 2 aliphatic carbocycles. The Morgan fingerprint density at radius 3 is 2.73 bits per heavy atom. The first-order chi connectivity index (χ1) is 7.34. The summed E-state index contributed by atoms with van der Waals surface area (Å²) >= 11 is 0. The van der Waals surface area contributed by atoms with Crippen molar-refractivity contribution in [1.29, 1.82) is 0 Å². The molecule has 2 atom stereocenters. The molecule has 2 saturated carbocycles. The Morgan fingerprint density at radius 1 is 1.33 bits per heavy atom. The predicted octanol–water partition coefficient (Wildman–Crippen LogP) is -0.253. The lowest BCUT2D eigenvalue weighted by molar-refractivity contribution is -0.126. The third kappa shape index (κ3) is 2.16. The van der Waals surface area contributed by atoms with E-state index in [2.05, 4.69) is 10.6 Å². The van der Waals surface area contributed by atoms with Crippen molar-refractivity contribution in [2.75, 3.05) is 26.3 Å². The Kier molecular flexibility index (Phi) is 2.41. The molecule has 3 fully saturated rings. The molecule has 1 heterocycles. The number of rotatable bonds is 5. The summed E-state index contributed by atoms with van der Waals surface area (Å²) in [6.45, 7) is 3.16. The van der Waals surface area contributed by atoms with Gasteiger partial charge in [-0.1, -0.05) is 0 Å².